The monoisotopic (exact) mass is 349 g/mol. The molecule has 1 aromatic heterocycles. The molecule has 2 aliphatic rings. The van der Waals surface area contributed by atoms with E-state index in [0.717, 1.165) is 57.6 Å². The lowest BCUT2D eigenvalue weighted by molar-refractivity contribution is -0.145. The van der Waals surface area contributed by atoms with Crippen molar-refractivity contribution in [2.45, 2.75) is 37.8 Å². The number of hydrogen-bond acceptors (Lipinski definition) is 5. The summed E-state index contributed by atoms with van der Waals surface area (Å²) in [7, 11) is 3.93. The van der Waals surface area contributed by atoms with Crippen molar-refractivity contribution in [1.82, 2.24) is 14.7 Å². The third kappa shape index (κ3) is 4.84. The maximum Gasteiger partial charge on any atom is 0.225 e. The summed E-state index contributed by atoms with van der Waals surface area (Å²) < 4.78 is 5.41. The second-order valence-corrected chi connectivity index (χ2v) is 7.96. The van der Waals surface area contributed by atoms with Gasteiger partial charge in [-0.3, -0.25) is 9.69 Å². The topological polar surface area (TPSA) is 60.2 Å². The molecule has 0 saturated carbocycles. The molecule has 0 radical (unpaired) electrons. The zero-order chi connectivity index (χ0) is 17.9. The van der Waals surface area contributed by atoms with Crippen LogP contribution in [0.25, 0.3) is 0 Å². The predicted octanol–water partition coefficient (Wildman–Crippen LogP) is 1.41. The van der Waals surface area contributed by atoms with Gasteiger partial charge in [-0.1, -0.05) is 0 Å². The number of likely N-dealkylation sites (tertiary alicyclic amines) is 2. The van der Waals surface area contributed by atoms with Crippen molar-refractivity contribution in [3.63, 3.8) is 0 Å². The van der Waals surface area contributed by atoms with Gasteiger partial charge in [0.15, 0.2) is 0 Å². The Labute approximate surface area is 150 Å². The van der Waals surface area contributed by atoms with E-state index in [-0.39, 0.29) is 11.8 Å². The molecule has 0 aliphatic carbocycles. The summed E-state index contributed by atoms with van der Waals surface area (Å²) in [5.41, 5.74) is -0.766. The summed E-state index contributed by atoms with van der Waals surface area (Å²) in [6.45, 7) is 4.52. The highest BCUT2D eigenvalue weighted by Gasteiger charge is 2.38. The summed E-state index contributed by atoms with van der Waals surface area (Å²) in [4.78, 5) is 19.2. The number of piperidine rings is 2. The Bertz CT molecular complexity index is 552. The van der Waals surface area contributed by atoms with Crippen LogP contribution in [0.2, 0.25) is 0 Å². The number of β-amino-alcohol motifs (C(OH)–C–C–N with tert-alkyl or cyclic N) is 1. The lowest BCUT2D eigenvalue weighted by Crippen LogP contribution is -2.56. The van der Waals surface area contributed by atoms with Crippen LogP contribution in [0.5, 0.6) is 0 Å². The first-order chi connectivity index (χ1) is 12.0. The van der Waals surface area contributed by atoms with Crippen LogP contribution in [0, 0.1) is 5.92 Å². The Morgan fingerprint density at radius 2 is 2.12 bits per heavy atom. The van der Waals surface area contributed by atoms with Crippen LogP contribution >= 0.6 is 0 Å². The molecule has 2 saturated heterocycles. The molecule has 6 nitrogen and oxygen atoms in total. The fourth-order valence-corrected chi connectivity index (χ4v) is 4.24. The standard InChI is InChI=1S/C19H31N3O3/c1-20(2)14-19(24)8-4-9-22(15-19)18(23)16-6-10-21(11-7-16)13-17-5-3-12-25-17/h3,5,12,16,24H,4,6-11,13-15H2,1-2H3. The first-order valence-corrected chi connectivity index (χ1v) is 9.36. The third-order valence-electron chi connectivity index (χ3n) is 5.37. The van der Waals surface area contributed by atoms with Gasteiger partial charge in [0, 0.05) is 19.0 Å². The Kier molecular flexibility index (Phi) is 5.81. The highest BCUT2D eigenvalue weighted by molar-refractivity contribution is 5.79. The molecule has 3 heterocycles. The average Bonchev–Trinajstić information content (AvgIpc) is 3.07. The largest absolute Gasteiger partial charge is 0.468 e. The number of aliphatic hydroxyl groups is 1. The lowest BCUT2D eigenvalue weighted by atomic mass is 9.89. The molecule has 140 valence electrons. The molecule has 1 aromatic rings. The second-order valence-electron chi connectivity index (χ2n) is 7.96. The van der Waals surface area contributed by atoms with Crippen LogP contribution < -0.4 is 0 Å². The van der Waals surface area contributed by atoms with E-state index in [2.05, 4.69) is 4.90 Å². The van der Waals surface area contributed by atoms with Crippen LogP contribution in [0.15, 0.2) is 22.8 Å². The van der Waals surface area contributed by atoms with Gasteiger partial charge < -0.3 is 19.3 Å². The minimum Gasteiger partial charge on any atom is -0.468 e. The number of carbonyl (C=O) groups excluding carboxylic acids is 1. The minimum atomic E-state index is -0.766. The third-order valence-corrected chi connectivity index (χ3v) is 5.37. The van der Waals surface area contributed by atoms with E-state index in [0.29, 0.717) is 13.1 Å². The van der Waals surface area contributed by atoms with Crippen LogP contribution in [0.3, 0.4) is 0 Å². The van der Waals surface area contributed by atoms with Crippen molar-refractivity contribution >= 4 is 5.91 Å². The number of amides is 1. The van der Waals surface area contributed by atoms with Crippen LogP contribution in [0.4, 0.5) is 0 Å². The Hall–Kier alpha value is -1.37. The Morgan fingerprint density at radius 3 is 2.76 bits per heavy atom. The van der Waals surface area contributed by atoms with Gasteiger partial charge in [0.2, 0.25) is 5.91 Å². The van der Waals surface area contributed by atoms with Gasteiger partial charge in [0.1, 0.15) is 5.76 Å². The van der Waals surface area contributed by atoms with Gasteiger partial charge in [0.05, 0.1) is 25.0 Å². The molecule has 0 aromatic carbocycles. The molecule has 1 atom stereocenters. The normalized spacial score (nSPS) is 26.3. The van der Waals surface area contributed by atoms with Crippen molar-refractivity contribution in [2.75, 3.05) is 46.8 Å². The summed E-state index contributed by atoms with van der Waals surface area (Å²) in [5, 5.41) is 10.8. The summed E-state index contributed by atoms with van der Waals surface area (Å²) >= 11 is 0. The van der Waals surface area contributed by atoms with Gasteiger partial charge in [-0.15, -0.1) is 0 Å². The van der Waals surface area contributed by atoms with Gasteiger partial charge >= 0.3 is 0 Å². The van der Waals surface area contributed by atoms with Gasteiger partial charge in [-0.2, -0.15) is 0 Å². The molecular formula is C19H31N3O3. The number of nitrogens with zero attached hydrogens (tertiary/aromatic N) is 3. The first-order valence-electron chi connectivity index (χ1n) is 9.36. The smallest absolute Gasteiger partial charge is 0.225 e. The highest BCUT2D eigenvalue weighted by atomic mass is 16.3. The van der Waals surface area contributed by atoms with Gasteiger partial charge in [-0.05, 0) is 65.0 Å². The molecule has 3 rings (SSSR count). The molecule has 0 bridgehead atoms. The Morgan fingerprint density at radius 1 is 1.36 bits per heavy atom. The molecule has 1 unspecified atom stereocenters. The van der Waals surface area contributed by atoms with Crippen LogP contribution in [-0.2, 0) is 11.3 Å². The number of rotatable bonds is 5. The maximum absolute atomic E-state index is 12.9. The van der Waals surface area contributed by atoms with E-state index >= 15 is 0 Å². The van der Waals surface area contributed by atoms with E-state index in [1.807, 2.05) is 36.0 Å². The van der Waals surface area contributed by atoms with E-state index in [4.69, 9.17) is 4.42 Å². The van der Waals surface area contributed by atoms with Gasteiger partial charge in [-0.25, -0.2) is 0 Å². The SMILES string of the molecule is CN(C)CC1(O)CCCN(C(=O)C2CCN(Cc3ccco3)CC2)C1. The second kappa shape index (κ2) is 7.89. The van der Waals surface area contributed by atoms with Crippen molar-refractivity contribution in [3.8, 4) is 0 Å². The van der Waals surface area contributed by atoms with E-state index in [1.165, 1.54) is 0 Å². The number of hydrogen-bond donors (Lipinski definition) is 1. The molecule has 1 amide bonds. The minimum absolute atomic E-state index is 0.0922. The number of furan rings is 1. The van der Waals surface area contributed by atoms with E-state index in [9.17, 15) is 9.90 Å². The van der Waals surface area contributed by atoms with Gasteiger partial charge in [0.25, 0.3) is 0 Å². The molecule has 1 N–H and O–H groups in total. The number of carbonyl (C=O) groups is 1. The summed E-state index contributed by atoms with van der Waals surface area (Å²) in [6.07, 6.45) is 5.14. The quantitative estimate of drug-likeness (QED) is 0.871. The summed E-state index contributed by atoms with van der Waals surface area (Å²) in [5.74, 6) is 1.30. The fraction of sp³-hybridized carbons (Fsp3) is 0.737. The van der Waals surface area contributed by atoms with Crippen molar-refractivity contribution in [2.24, 2.45) is 5.92 Å². The Balaban J connectivity index is 1.50. The van der Waals surface area contributed by atoms with Crippen molar-refractivity contribution in [1.29, 1.82) is 0 Å². The summed E-state index contributed by atoms with van der Waals surface area (Å²) in [6, 6.07) is 3.91. The average molecular weight is 349 g/mol. The maximum atomic E-state index is 12.9. The lowest BCUT2D eigenvalue weighted by Gasteiger charge is -2.42. The first kappa shape index (κ1) is 18.4. The van der Waals surface area contributed by atoms with Crippen molar-refractivity contribution < 1.29 is 14.3 Å². The van der Waals surface area contributed by atoms with E-state index in [1.54, 1.807) is 6.26 Å². The molecule has 2 aliphatic heterocycles. The predicted molar refractivity (Wildman–Crippen MR) is 96.0 cm³/mol. The molecular weight excluding hydrogens is 318 g/mol. The van der Waals surface area contributed by atoms with Crippen molar-refractivity contribution in [3.05, 3.63) is 24.2 Å². The molecule has 2 fully saturated rings. The molecule has 0 spiro atoms. The highest BCUT2D eigenvalue weighted by Crippen LogP contribution is 2.26. The molecule has 25 heavy (non-hydrogen) atoms. The van der Waals surface area contributed by atoms with Crippen LogP contribution in [-0.4, -0.2) is 78.1 Å². The number of likely N-dealkylation sites (N-methyl/N-ethyl adjacent to an activating group) is 1. The zero-order valence-electron chi connectivity index (χ0n) is 15.5. The van der Waals surface area contributed by atoms with E-state index < -0.39 is 5.60 Å². The molecule has 6 heteroatoms. The van der Waals surface area contributed by atoms with Crippen LogP contribution in [0.1, 0.15) is 31.4 Å². The fourth-order valence-electron chi connectivity index (χ4n) is 4.24. The zero-order valence-corrected chi connectivity index (χ0v) is 15.5.